The van der Waals surface area contributed by atoms with E-state index >= 15 is 0 Å². The van der Waals surface area contributed by atoms with Crippen LogP contribution in [0, 0.1) is 0 Å². The van der Waals surface area contributed by atoms with Gasteiger partial charge >= 0.3 is 0 Å². The average Bonchev–Trinajstić information content (AvgIpc) is 2.46. The van der Waals surface area contributed by atoms with E-state index in [2.05, 4.69) is 29.6 Å². The fraction of sp³-hybridized carbons (Fsp3) is 0.111. The Balaban J connectivity index is 1.86. The predicted molar refractivity (Wildman–Crippen MR) is 85.8 cm³/mol. The monoisotopic (exact) mass is 279 g/mol. The smallest absolute Gasteiger partial charge is 0.119 e. The Morgan fingerprint density at radius 3 is 2.19 bits per heavy atom. The number of rotatable bonds is 3. The lowest BCUT2D eigenvalue weighted by Gasteiger charge is -2.17. The molecule has 0 heterocycles. The Labute approximate surface area is 123 Å². The van der Waals surface area contributed by atoms with Gasteiger partial charge in [0, 0.05) is 17.8 Å². The van der Waals surface area contributed by atoms with Gasteiger partial charge in [-0.05, 0) is 47.5 Å². The molecule has 3 heteroatoms. The van der Waals surface area contributed by atoms with Crippen LogP contribution in [0.5, 0.6) is 11.5 Å². The zero-order valence-corrected chi connectivity index (χ0v) is 11.7. The molecule has 3 aromatic rings. The maximum atomic E-state index is 9.56. The van der Waals surface area contributed by atoms with Gasteiger partial charge in [0.05, 0.1) is 0 Å². The van der Waals surface area contributed by atoms with Crippen molar-refractivity contribution in [1.29, 1.82) is 0 Å². The number of phenols is 2. The molecule has 0 bridgehead atoms. The van der Waals surface area contributed by atoms with E-state index in [1.54, 1.807) is 12.1 Å². The molecule has 0 aliphatic carbocycles. The van der Waals surface area contributed by atoms with Crippen molar-refractivity contribution >= 4 is 16.5 Å². The third kappa shape index (κ3) is 2.92. The SMILES string of the molecule is CC(Nc1ccc2ccccc2c1)c1cc(O)cc(O)c1. The van der Waals surface area contributed by atoms with Gasteiger partial charge in [0.2, 0.25) is 0 Å². The van der Waals surface area contributed by atoms with Crippen molar-refractivity contribution in [2.45, 2.75) is 13.0 Å². The van der Waals surface area contributed by atoms with Gasteiger partial charge in [0.1, 0.15) is 11.5 Å². The first kappa shape index (κ1) is 13.3. The summed E-state index contributed by atoms with van der Waals surface area (Å²) < 4.78 is 0. The van der Waals surface area contributed by atoms with E-state index < -0.39 is 0 Å². The molecule has 0 aromatic heterocycles. The minimum Gasteiger partial charge on any atom is -0.508 e. The highest BCUT2D eigenvalue weighted by atomic mass is 16.3. The number of aromatic hydroxyl groups is 2. The molecule has 106 valence electrons. The van der Waals surface area contributed by atoms with E-state index in [4.69, 9.17) is 0 Å². The molecule has 0 radical (unpaired) electrons. The second-order valence-corrected chi connectivity index (χ2v) is 5.21. The fourth-order valence-corrected chi connectivity index (χ4v) is 2.48. The summed E-state index contributed by atoms with van der Waals surface area (Å²) in [6.07, 6.45) is 0. The number of fused-ring (bicyclic) bond motifs is 1. The average molecular weight is 279 g/mol. The summed E-state index contributed by atoms with van der Waals surface area (Å²) in [4.78, 5) is 0. The third-order valence-corrected chi connectivity index (χ3v) is 3.56. The zero-order chi connectivity index (χ0) is 14.8. The van der Waals surface area contributed by atoms with E-state index in [-0.39, 0.29) is 17.5 Å². The Morgan fingerprint density at radius 1 is 0.810 bits per heavy atom. The third-order valence-electron chi connectivity index (χ3n) is 3.56. The molecule has 0 aliphatic heterocycles. The lowest BCUT2D eigenvalue weighted by atomic mass is 10.1. The topological polar surface area (TPSA) is 52.5 Å². The summed E-state index contributed by atoms with van der Waals surface area (Å²) in [5.74, 6) is 0.134. The Hall–Kier alpha value is -2.68. The van der Waals surface area contributed by atoms with E-state index in [0.29, 0.717) is 0 Å². The van der Waals surface area contributed by atoms with Crippen LogP contribution < -0.4 is 5.32 Å². The number of phenolic OH excluding ortho intramolecular Hbond substituents is 2. The molecule has 0 amide bonds. The van der Waals surface area contributed by atoms with Crippen molar-refractivity contribution in [3.63, 3.8) is 0 Å². The summed E-state index contributed by atoms with van der Waals surface area (Å²) in [5.41, 5.74) is 1.84. The quantitative estimate of drug-likeness (QED) is 0.665. The largest absolute Gasteiger partial charge is 0.508 e. The molecule has 1 atom stereocenters. The van der Waals surface area contributed by atoms with Gasteiger partial charge in [-0.15, -0.1) is 0 Å². The van der Waals surface area contributed by atoms with Crippen LogP contribution in [-0.4, -0.2) is 10.2 Å². The van der Waals surface area contributed by atoms with Crippen LogP contribution in [0.1, 0.15) is 18.5 Å². The minimum absolute atomic E-state index is 0.0239. The molecule has 0 saturated heterocycles. The van der Waals surface area contributed by atoms with Crippen LogP contribution in [0.2, 0.25) is 0 Å². The van der Waals surface area contributed by atoms with Gasteiger partial charge in [-0.25, -0.2) is 0 Å². The van der Waals surface area contributed by atoms with Crippen LogP contribution >= 0.6 is 0 Å². The lowest BCUT2D eigenvalue weighted by molar-refractivity contribution is 0.448. The maximum Gasteiger partial charge on any atom is 0.119 e. The molecule has 1 unspecified atom stereocenters. The minimum atomic E-state index is -0.0239. The van der Waals surface area contributed by atoms with Gasteiger partial charge in [-0.1, -0.05) is 30.3 Å². The van der Waals surface area contributed by atoms with Crippen LogP contribution in [0.25, 0.3) is 10.8 Å². The zero-order valence-electron chi connectivity index (χ0n) is 11.7. The highest BCUT2D eigenvalue weighted by Crippen LogP contribution is 2.28. The summed E-state index contributed by atoms with van der Waals surface area (Å²) in [7, 11) is 0. The first-order valence-electron chi connectivity index (χ1n) is 6.90. The number of benzene rings is 3. The van der Waals surface area contributed by atoms with E-state index in [0.717, 1.165) is 11.3 Å². The van der Waals surface area contributed by atoms with Crippen LogP contribution in [-0.2, 0) is 0 Å². The van der Waals surface area contributed by atoms with Gasteiger partial charge in [-0.2, -0.15) is 0 Å². The molecular formula is C18H17NO2. The lowest BCUT2D eigenvalue weighted by Crippen LogP contribution is -2.06. The van der Waals surface area contributed by atoms with E-state index in [1.165, 1.54) is 16.8 Å². The number of anilines is 1. The van der Waals surface area contributed by atoms with Crippen LogP contribution in [0.4, 0.5) is 5.69 Å². The van der Waals surface area contributed by atoms with Crippen molar-refractivity contribution in [3.05, 3.63) is 66.2 Å². The molecule has 3 rings (SSSR count). The number of hydrogen-bond donors (Lipinski definition) is 3. The summed E-state index contributed by atoms with van der Waals surface area (Å²) in [5, 5.41) is 24.9. The summed E-state index contributed by atoms with van der Waals surface area (Å²) in [6.45, 7) is 1.99. The molecule has 3 N–H and O–H groups in total. The standard InChI is InChI=1S/C18H17NO2/c1-12(15-9-17(20)11-18(21)10-15)19-16-7-6-13-4-2-3-5-14(13)8-16/h2-12,19-21H,1H3. The highest BCUT2D eigenvalue weighted by Gasteiger charge is 2.08. The predicted octanol–water partition coefficient (Wildman–Crippen LogP) is 4.42. The van der Waals surface area contributed by atoms with Crippen LogP contribution in [0.15, 0.2) is 60.7 Å². The normalized spacial score (nSPS) is 12.2. The summed E-state index contributed by atoms with van der Waals surface area (Å²) >= 11 is 0. The van der Waals surface area contributed by atoms with Crippen molar-refractivity contribution in [2.24, 2.45) is 0 Å². The highest BCUT2D eigenvalue weighted by molar-refractivity contribution is 5.85. The second-order valence-electron chi connectivity index (χ2n) is 5.21. The van der Waals surface area contributed by atoms with Gasteiger partial charge in [-0.3, -0.25) is 0 Å². The number of nitrogens with one attached hydrogen (secondary N) is 1. The molecule has 3 aromatic carbocycles. The first-order valence-corrected chi connectivity index (χ1v) is 6.90. The molecular weight excluding hydrogens is 262 g/mol. The Bertz CT molecular complexity index is 763. The molecule has 0 spiro atoms. The molecule has 0 saturated carbocycles. The van der Waals surface area contributed by atoms with E-state index in [1.807, 2.05) is 25.1 Å². The Kier molecular flexibility index (Phi) is 3.40. The summed E-state index contributed by atoms with van der Waals surface area (Å²) in [6, 6.07) is 19.0. The second kappa shape index (κ2) is 5.37. The van der Waals surface area contributed by atoms with Gasteiger partial charge in [0.25, 0.3) is 0 Å². The molecule has 3 nitrogen and oxygen atoms in total. The number of hydrogen-bond acceptors (Lipinski definition) is 3. The molecule has 0 aliphatic rings. The van der Waals surface area contributed by atoms with Crippen molar-refractivity contribution in [2.75, 3.05) is 5.32 Å². The fourth-order valence-electron chi connectivity index (χ4n) is 2.48. The first-order chi connectivity index (χ1) is 10.1. The van der Waals surface area contributed by atoms with Crippen LogP contribution in [0.3, 0.4) is 0 Å². The van der Waals surface area contributed by atoms with Crippen molar-refractivity contribution < 1.29 is 10.2 Å². The molecule has 21 heavy (non-hydrogen) atoms. The maximum absolute atomic E-state index is 9.56. The molecule has 0 fully saturated rings. The van der Waals surface area contributed by atoms with Crippen molar-refractivity contribution in [3.8, 4) is 11.5 Å². The Morgan fingerprint density at radius 2 is 1.48 bits per heavy atom. The van der Waals surface area contributed by atoms with Gasteiger partial charge < -0.3 is 15.5 Å². The van der Waals surface area contributed by atoms with Gasteiger partial charge in [0.15, 0.2) is 0 Å². The van der Waals surface area contributed by atoms with E-state index in [9.17, 15) is 10.2 Å². The van der Waals surface area contributed by atoms with Crippen molar-refractivity contribution in [1.82, 2.24) is 0 Å².